The van der Waals surface area contributed by atoms with Gasteiger partial charge in [0.25, 0.3) is 5.91 Å². The van der Waals surface area contributed by atoms with E-state index in [9.17, 15) is 9.90 Å². The number of anilines is 1. The normalized spacial score (nSPS) is 27.8. The van der Waals surface area contributed by atoms with Crippen molar-refractivity contribution in [3.8, 4) is 0 Å². The Bertz CT molecular complexity index is 544. The molecule has 114 valence electrons. The zero-order valence-electron chi connectivity index (χ0n) is 12.8. The fourth-order valence-electron chi connectivity index (χ4n) is 3.75. The predicted octanol–water partition coefficient (Wildman–Crippen LogP) is 2.27. The Hall–Kier alpha value is -1.55. The van der Waals surface area contributed by atoms with Gasteiger partial charge in [-0.05, 0) is 44.7 Å². The highest BCUT2D eigenvalue weighted by Crippen LogP contribution is 2.38. The van der Waals surface area contributed by atoms with Crippen LogP contribution in [0.25, 0.3) is 0 Å². The molecule has 0 radical (unpaired) electrons. The fourth-order valence-corrected chi connectivity index (χ4v) is 3.75. The maximum atomic E-state index is 12.8. The molecule has 3 rings (SSSR count). The molecule has 2 aliphatic rings. The molecule has 4 nitrogen and oxygen atoms in total. The zero-order chi connectivity index (χ0) is 15.0. The smallest absolute Gasteiger partial charge is 0.255 e. The summed E-state index contributed by atoms with van der Waals surface area (Å²) in [5.41, 5.74) is 2.76. The molecule has 1 aliphatic carbocycles. The van der Waals surface area contributed by atoms with Gasteiger partial charge in [-0.25, -0.2) is 0 Å². The molecule has 1 aliphatic heterocycles. The van der Waals surface area contributed by atoms with E-state index in [1.165, 1.54) is 0 Å². The molecule has 1 heterocycles. The maximum absolute atomic E-state index is 12.8. The summed E-state index contributed by atoms with van der Waals surface area (Å²) in [6.45, 7) is 6.33. The molecule has 0 spiro atoms. The number of aliphatic hydroxyl groups is 1. The van der Waals surface area contributed by atoms with E-state index in [-0.39, 0.29) is 17.9 Å². The molecule has 4 heteroatoms. The summed E-state index contributed by atoms with van der Waals surface area (Å²) in [4.78, 5) is 14.8. The number of nitrogens with one attached hydrogen (secondary N) is 1. The molecule has 0 aromatic heterocycles. The molecule has 3 atom stereocenters. The Morgan fingerprint density at radius 2 is 2.19 bits per heavy atom. The molecule has 1 saturated heterocycles. The molecule has 0 bridgehead atoms. The molecule has 1 saturated carbocycles. The predicted molar refractivity (Wildman–Crippen MR) is 83.5 cm³/mol. The van der Waals surface area contributed by atoms with Gasteiger partial charge in [-0.15, -0.1) is 0 Å². The van der Waals surface area contributed by atoms with Crippen LogP contribution in [-0.2, 0) is 0 Å². The molecule has 2 N–H and O–H groups in total. The molecule has 21 heavy (non-hydrogen) atoms. The number of rotatable bonds is 3. The largest absolute Gasteiger partial charge is 0.393 e. The van der Waals surface area contributed by atoms with E-state index in [4.69, 9.17) is 0 Å². The van der Waals surface area contributed by atoms with E-state index in [2.05, 4.69) is 5.32 Å². The van der Waals surface area contributed by atoms with Crippen LogP contribution in [0.15, 0.2) is 18.2 Å². The summed E-state index contributed by atoms with van der Waals surface area (Å²) >= 11 is 0. The van der Waals surface area contributed by atoms with Crippen molar-refractivity contribution in [1.82, 2.24) is 4.90 Å². The lowest BCUT2D eigenvalue weighted by Crippen LogP contribution is -2.31. The number of hydrogen-bond acceptors (Lipinski definition) is 3. The molecule has 1 aromatic carbocycles. The van der Waals surface area contributed by atoms with Crippen molar-refractivity contribution in [3.63, 3.8) is 0 Å². The number of likely N-dealkylation sites (tertiary alicyclic amines) is 1. The van der Waals surface area contributed by atoms with Gasteiger partial charge in [0, 0.05) is 31.2 Å². The van der Waals surface area contributed by atoms with Gasteiger partial charge in [0.05, 0.1) is 11.7 Å². The molecule has 1 amide bonds. The second kappa shape index (κ2) is 5.68. The van der Waals surface area contributed by atoms with Crippen molar-refractivity contribution in [2.75, 3.05) is 25.0 Å². The highest BCUT2D eigenvalue weighted by atomic mass is 16.3. The summed E-state index contributed by atoms with van der Waals surface area (Å²) in [5, 5.41) is 13.3. The fraction of sp³-hybridized carbons (Fsp3) is 0.588. The first-order valence-corrected chi connectivity index (χ1v) is 7.92. The van der Waals surface area contributed by atoms with Crippen molar-refractivity contribution >= 4 is 11.6 Å². The number of aliphatic hydroxyl groups excluding tert-OH is 1. The number of hydrogen-bond donors (Lipinski definition) is 2. The molecule has 2 fully saturated rings. The van der Waals surface area contributed by atoms with Crippen LogP contribution < -0.4 is 5.32 Å². The maximum Gasteiger partial charge on any atom is 0.255 e. The van der Waals surface area contributed by atoms with E-state index in [0.717, 1.165) is 42.7 Å². The standard InChI is InChI=1S/C17H24N2O2/c1-3-18-15-6-4-11(2)8-13(15)17(21)19-9-12-5-7-16(20)14(12)10-19/h4,6,8,12,14,16,18,20H,3,5,7,9-10H2,1-2H3. The summed E-state index contributed by atoms with van der Waals surface area (Å²) in [6, 6.07) is 5.97. The molecule has 1 aromatic rings. The first-order chi connectivity index (χ1) is 10.1. The minimum Gasteiger partial charge on any atom is -0.393 e. The number of benzene rings is 1. The number of amides is 1. The average Bonchev–Trinajstić information content (AvgIpc) is 3.03. The molecule has 3 unspecified atom stereocenters. The van der Waals surface area contributed by atoms with Gasteiger partial charge in [0.1, 0.15) is 0 Å². The van der Waals surface area contributed by atoms with Gasteiger partial charge in [0.15, 0.2) is 0 Å². The number of nitrogens with zero attached hydrogens (tertiary/aromatic N) is 1. The Morgan fingerprint density at radius 3 is 2.90 bits per heavy atom. The summed E-state index contributed by atoms with van der Waals surface area (Å²) in [6.07, 6.45) is 1.71. The third-order valence-corrected chi connectivity index (χ3v) is 4.88. The van der Waals surface area contributed by atoms with Crippen molar-refractivity contribution in [3.05, 3.63) is 29.3 Å². The Morgan fingerprint density at radius 1 is 1.38 bits per heavy atom. The van der Waals surface area contributed by atoms with Gasteiger partial charge in [-0.3, -0.25) is 4.79 Å². The number of carbonyl (C=O) groups is 1. The average molecular weight is 288 g/mol. The van der Waals surface area contributed by atoms with Crippen molar-refractivity contribution in [1.29, 1.82) is 0 Å². The second-order valence-corrected chi connectivity index (χ2v) is 6.36. The summed E-state index contributed by atoms with van der Waals surface area (Å²) in [7, 11) is 0. The first-order valence-electron chi connectivity index (χ1n) is 7.92. The summed E-state index contributed by atoms with van der Waals surface area (Å²) in [5.74, 6) is 0.855. The Balaban J connectivity index is 1.81. The van der Waals surface area contributed by atoms with Gasteiger partial charge in [-0.1, -0.05) is 11.6 Å². The van der Waals surface area contributed by atoms with Crippen LogP contribution in [0, 0.1) is 18.8 Å². The topological polar surface area (TPSA) is 52.6 Å². The zero-order valence-corrected chi connectivity index (χ0v) is 12.8. The number of aryl methyl sites for hydroxylation is 1. The quantitative estimate of drug-likeness (QED) is 0.897. The van der Waals surface area contributed by atoms with E-state index < -0.39 is 0 Å². The highest BCUT2D eigenvalue weighted by molar-refractivity contribution is 6.00. The van der Waals surface area contributed by atoms with Gasteiger partial charge in [0.2, 0.25) is 0 Å². The van der Waals surface area contributed by atoms with Gasteiger partial charge >= 0.3 is 0 Å². The third kappa shape index (κ3) is 2.64. The van der Waals surface area contributed by atoms with E-state index >= 15 is 0 Å². The van der Waals surface area contributed by atoms with Gasteiger partial charge in [-0.2, -0.15) is 0 Å². The minimum absolute atomic E-state index is 0.0938. The lowest BCUT2D eigenvalue weighted by atomic mass is 10.00. The first kappa shape index (κ1) is 14.4. The Labute approximate surface area is 126 Å². The Kier molecular flexibility index (Phi) is 3.89. The van der Waals surface area contributed by atoms with Crippen molar-refractivity contribution < 1.29 is 9.90 Å². The van der Waals surface area contributed by atoms with Crippen LogP contribution in [0.5, 0.6) is 0 Å². The SMILES string of the molecule is CCNc1ccc(C)cc1C(=O)N1CC2CCC(O)C2C1. The number of fused-ring (bicyclic) bond motifs is 1. The van der Waals surface area contributed by atoms with Crippen LogP contribution in [0.2, 0.25) is 0 Å². The number of carbonyl (C=O) groups excluding carboxylic acids is 1. The van der Waals surface area contributed by atoms with E-state index in [1.807, 2.05) is 36.9 Å². The van der Waals surface area contributed by atoms with Crippen LogP contribution in [0.4, 0.5) is 5.69 Å². The lowest BCUT2D eigenvalue weighted by Gasteiger charge is -2.20. The molecular weight excluding hydrogens is 264 g/mol. The van der Waals surface area contributed by atoms with E-state index in [1.54, 1.807) is 0 Å². The summed E-state index contributed by atoms with van der Waals surface area (Å²) < 4.78 is 0. The van der Waals surface area contributed by atoms with E-state index in [0.29, 0.717) is 12.5 Å². The van der Waals surface area contributed by atoms with Gasteiger partial charge < -0.3 is 15.3 Å². The van der Waals surface area contributed by atoms with Crippen molar-refractivity contribution in [2.45, 2.75) is 32.8 Å². The van der Waals surface area contributed by atoms with Crippen LogP contribution in [0.3, 0.4) is 0 Å². The third-order valence-electron chi connectivity index (χ3n) is 4.88. The molecular formula is C17H24N2O2. The minimum atomic E-state index is -0.224. The highest BCUT2D eigenvalue weighted by Gasteiger charge is 2.43. The monoisotopic (exact) mass is 288 g/mol. The van der Waals surface area contributed by atoms with Crippen LogP contribution in [-0.4, -0.2) is 41.7 Å². The second-order valence-electron chi connectivity index (χ2n) is 6.36. The van der Waals surface area contributed by atoms with Crippen LogP contribution in [0.1, 0.15) is 35.7 Å². The van der Waals surface area contributed by atoms with Crippen LogP contribution >= 0.6 is 0 Å². The lowest BCUT2D eigenvalue weighted by molar-refractivity contribution is 0.0753. The van der Waals surface area contributed by atoms with Crippen molar-refractivity contribution in [2.24, 2.45) is 11.8 Å².